The second kappa shape index (κ2) is 6.07. The van der Waals surface area contributed by atoms with Gasteiger partial charge in [0.2, 0.25) is 5.91 Å². The topological polar surface area (TPSA) is 66.4 Å². The lowest BCUT2D eigenvalue weighted by atomic mass is 9.80. The molecule has 0 saturated heterocycles. The number of carboxylic acid groups (broad SMARTS) is 1. The van der Waals surface area contributed by atoms with Crippen LogP contribution in [0.25, 0.3) is 0 Å². The standard InChI is InChI=1S/C16H23NO3/c1-10(2)11-6-8-12(9-7-11)17-14(18)13(15(19)20)16(3,4)5/h6-10,13H,1-5H3,(H,17,18)(H,19,20). The van der Waals surface area contributed by atoms with E-state index in [1.807, 2.05) is 12.1 Å². The summed E-state index contributed by atoms with van der Waals surface area (Å²) in [5, 5.41) is 11.9. The smallest absolute Gasteiger partial charge is 0.316 e. The molecule has 0 fully saturated rings. The minimum absolute atomic E-state index is 0.418. The van der Waals surface area contributed by atoms with Crippen molar-refractivity contribution in [3.8, 4) is 0 Å². The van der Waals surface area contributed by atoms with E-state index in [1.54, 1.807) is 32.9 Å². The monoisotopic (exact) mass is 277 g/mol. The van der Waals surface area contributed by atoms with E-state index in [1.165, 1.54) is 5.56 Å². The summed E-state index contributed by atoms with van der Waals surface area (Å²) in [7, 11) is 0. The third-order valence-electron chi connectivity index (χ3n) is 3.22. The van der Waals surface area contributed by atoms with E-state index in [2.05, 4.69) is 19.2 Å². The van der Waals surface area contributed by atoms with Gasteiger partial charge in [0.25, 0.3) is 0 Å². The van der Waals surface area contributed by atoms with E-state index in [4.69, 9.17) is 0 Å². The van der Waals surface area contributed by atoms with Crippen molar-refractivity contribution in [3.63, 3.8) is 0 Å². The third kappa shape index (κ3) is 4.08. The fourth-order valence-electron chi connectivity index (χ4n) is 2.04. The van der Waals surface area contributed by atoms with Gasteiger partial charge < -0.3 is 10.4 Å². The summed E-state index contributed by atoms with van der Waals surface area (Å²) < 4.78 is 0. The summed E-state index contributed by atoms with van der Waals surface area (Å²) >= 11 is 0. The molecule has 0 saturated carbocycles. The number of carbonyl (C=O) groups excluding carboxylic acids is 1. The summed E-state index contributed by atoms with van der Waals surface area (Å²) in [5.41, 5.74) is 1.16. The van der Waals surface area contributed by atoms with Crippen LogP contribution in [0.3, 0.4) is 0 Å². The number of aliphatic carboxylic acids is 1. The van der Waals surface area contributed by atoms with Crippen LogP contribution in [0.5, 0.6) is 0 Å². The fourth-order valence-corrected chi connectivity index (χ4v) is 2.04. The van der Waals surface area contributed by atoms with Crippen molar-refractivity contribution in [1.82, 2.24) is 0 Å². The molecule has 2 N–H and O–H groups in total. The molecule has 1 amide bonds. The quantitative estimate of drug-likeness (QED) is 0.828. The molecule has 0 spiro atoms. The molecule has 1 aromatic rings. The Morgan fingerprint density at radius 2 is 1.60 bits per heavy atom. The molecule has 0 bridgehead atoms. The average Bonchev–Trinajstić information content (AvgIpc) is 2.26. The second-order valence-corrected chi connectivity index (χ2v) is 6.40. The lowest BCUT2D eigenvalue weighted by Crippen LogP contribution is -2.39. The Labute approximate surface area is 120 Å². The largest absolute Gasteiger partial charge is 0.481 e. The molecule has 0 aliphatic rings. The van der Waals surface area contributed by atoms with Crippen molar-refractivity contribution >= 4 is 17.6 Å². The lowest BCUT2D eigenvalue weighted by Gasteiger charge is -2.25. The van der Waals surface area contributed by atoms with Crippen LogP contribution in [-0.2, 0) is 9.59 Å². The zero-order valence-electron chi connectivity index (χ0n) is 12.7. The molecule has 0 aliphatic carbocycles. The molecule has 0 radical (unpaired) electrons. The van der Waals surface area contributed by atoms with Gasteiger partial charge in [-0.3, -0.25) is 9.59 Å². The first-order valence-corrected chi connectivity index (χ1v) is 6.76. The van der Waals surface area contributed by atoms with Crippen LogP contribution in [0.4, 0.5) is 5.69 Å². The highest BCUT2D eigenvalue weighted by Crippen LogP contribution is 2.27. The SMILES string of the molecule is CC(C)c1ccc(NC(=O)C(C(=O)O)C(C)(C)C)cc1. The van der Waals surface area contributed by atoms with Gasteiger partial charge in [-0.15, -0.1) is 0 Å². The zero-order valence-corrected chi connectivity index (χ0v) is 12.7. The van der Waals surface area contributed by atoms with Gasteiger partial charge in [0.15, 0.2) is 0 Å². The van der Waals surface area contributed by atoms with E-state index in [0.717, 1.165) is 0 Å². The van der Waals surface area contributed by atoms with Crippen LogP contribution < -0.4 is 5.32 Å². The van der Waals surface area contributed by atoms with Crippen LogP contribution >= 0.6 is 0 Å². The molecule has 0 aliphatic heterocycles. The molecule has 110 valence electrons. The number of amides is 1. The summed E-state index contributed by atoms with van der Waals surface area (Å²) in [5.74, 6) is -2.25. The molecule has 1 rings (SSSR count). The van der Waals surface area contributed by atoms with Gasteiger partial charge in [-0.25, -0.2) is 0 Å². The first kappa shape index (κ1) is 16.2. The molecule has 0 aromatic heterocycles. The first-order chi connectivity index (χ1) is 9.12. The number of anilines is 1. The second-order valence-electron chi connectivity index (χ2n) is 6.40. The van der Waals surface area contributed by atoms with Crippen molar-refractivity contribution in [2.45, 2.75) is 40.5 Å². The lowest BCUT2D eigenvalue weighted by molar-refractivity contribution is -0.149. The maximum atomic E-state index is 12.1. The zero-order chi connectivity index (χ0) is 15.5. The van der Waals surface area contributed by atoms with Crippen LogP contribution in [-0.4, -0.2) is 17.0 Å². The Kier molecular flexibility index (Phi) is 4.93. The van der Waals surface area contributed by atoms with Crippen molar-refractivity contribution in [1.29, 1.82) is 0 Å². The maximum Gasteiger partial charge on any atom is 0.316 e. The van der Waals surface area contributed by atoms with Crippen LogP contribution in [0, 0.1) is 11.3 Å². The molecule has 4 heteroatoms. The van der Waals surface area contributed by atoms with E-state index in [0.29, 0.717) is 11.6 Å². The maximum absolute atomic E-state index is 12.1. The highest BCUT2D eigenvalue weighted by atomic mass is 16.4. The number of hydrogen-bond donors (Lipinski definition) is 2. The molecule has 20 heavy (non-hydrogen) atoms. The average molecular weight is 277 g/mol. The van der Waals surface area contributed by atoms with Gasteiger partial charge in [0, 0.05) is 5.69 Å². The fraction of sp³-hybridized carbons (Fsp3) is 0.500. The van der Waals surface area contributed by atoms with Gasteiger partial charge in [-0.2, -0.15) is 0 Å². The van der Waals surface area contributed by atoms with Crippen molar-refractivity contribution in [2.75, 3.05) is 5.32 Å². The van der Waals surface area contributed by atoms with Crippen molar-refractivity contribution in [2.24, 2.45) is 11.3 Å². The van der Waals surface area contributed by atoms with Crippen LogP contribution in [0.1, 0.15) is 46.1 Å². The Bertz CT molecular complexity index is 483. The van der Waals surface area contributed by atoms with Gasteiger partial charge in [-0.1, -0.05) is 46.8 Å². The minimum Gasteiger partial charge on any atom is -0.481 e. The van der Waals surface area contributed by atoms with Crippen LogP contribution in [0.2, 0.25) is 0 Å². The summed E-state index contributed by atoms with van der Waals surface area (Å²) in [6, 6.07) is 7.48. The number of benzene rings is 1. The van der Waals surface area contributed by atoms with E-state index < -0.39 is 23.2 Å². The van der Waals surface area contributed by atoms with E-state index in [-0.39, 0.29) is 0 Å². The van der Waals surface area contributed by atoms with Gasteiger partial charge in [-0.05, 0) is 29.0 Å². The molecule has 1 unspecified atom stereocenters. The number of hydrogen-bond acceptors (Lipinski definition) is 2. The minimum atomic E-state index is -1.10. The molecule has 1 aromatic carbocycles. The number of rotatable bonds is 4. The van der Waals surface area contributed by atoms with E-state index >= 15 is 0 Å². The predicted octanol–water partition coefficient (Wildman–Crippen LogP) is 3.50. The highest BCUT2D eigenvalue weighted by molar-refractivity contribution is 6.04. The Hall–Kier alpha value is -1.84. The molecular weight excluding hydrogens is 254 g/mol. The summed E-state index contributed by atoms with van der Waals surface area (Å²) in [6.07, 6.45) is 0. The summed E-state index contributed by atoms with van der Waals surface area (Å²) in [4.78, 5) is 23.4. The number of nitrogens with one attached hydrogen (secondary N) is 1. The molecular formula is C16H23NO3. The van der Waals surface area contributed by atoms with Crippen LogP contribution in [0.15, 0.2) is 24.3 Å². The predicted molar refractivity (Wildman–Crippen MR) is 79.7 cm³/mol. The Morgan fingerprint density at radius 3 is 1.95 bits per heavy atom. The molecule has 0 heterocycles. The van der Waals surface area contributed by atoms with Crippen molar-refractivity contribution in [3.05, 3.63) is 29.8 Å². The number of carboxylic acids is 1. The molecule has 4 nitrogen and oxygen atoms in total. The Balaban J connectivity index is 2.86. The molecule has 1 atom stereocenters. The van der Waals surface area contributed by atoms with Crippen molar-refractivity contribution < 1.29 is 14.7 Å². The van der Waals surface area contributed by atoms with Gasteiger partial charge in [0.1, 0.15) is 5.92 Å². The van der Waals surface area contributed by atoms with E-state index in [9.17, 15) is 14.7 Å². The first-order valence-electron chi connectivity index (χ1n) is 6.76. The normalized spacial score (nSPS) is 13.1. The van der Waals surface area contributed by atoms with Gasteiger partial charge in [0.05, 0.1) is 0 Å². The number of carbonyl (C=O) groups is 2. The highest BCUT2D eigenvalue weighted by Gasteiger charge is 2.37. The third-order valence-corrected chi connectivity index (χ3v) is 3.22. The summed E-state index contributed by atoms with van der Waals surface area (Å²) in [6.45, 7) is 9.41. The van der Waals surface area contributed by atoms with Gasteiger partial charge >= 0.3 is 5.97 Å². The Morgan fingerprint density at radius 1 is 1.10 bits per heavy atom.